The summed E-state index contributed by atoms with van der Waals surface area (Å²) in [4.78, 5) is 2.39. The highest BCUT2D eigenvalue weighted by Gasteiger charge is 2.18. The third kappa shape index (κ3) is 2.26. The molecule has 2 rings (SSSR count). The van der Waals surface area contributed by atoms with Gasteiger partial charge in [-0.25, -0.2) is 0 Å². The van der Waals surface area contributed by atoms with Gasteiger partial charge in [0.15, 0.2) is 0 Å². The van der Waals surface area contributed by atoms with Crippen molar-refractivity contribution in [3.8, 4) is 0 Å². The second-order valence-corrected chi connectivity index (χ2v) is 4.02. The number of furan rings is 1. The Hall–Kier alpha value is -0.470. The number of nitrogens with zero attached hydrogens (tertiary/aromatic N) is 1. The summed E-state index contributed by atoms with van der Waals surface area (Å²) in [5, 5.41) is 0.00750. The van der Waals surface area contributed by atoms with Gasteiger partial charge >= 0.3 is 0 Å². The molecule has 0 aliphatic carbocycles. The predicted octanol–water partition coefficient (Wildman–Crippen LogP) is 2.66. The molecule has 1 saturated heterocycles. The summed E-state index contributed by atoms with van der Waals surface area (Å²) < 4.78 is 5.25. The number of alkyl halides is 1. The van der Waals surface area contributed by atoms with Crippen LogP contribution in [-0.4, -0.2) is 24.5 Å². The molecule has 1 aromatic heterocycles. The molecule has 0 bridgehead atoms. The van der Waals surface area contributed by atoms with E-state index < -0.39 is 0 Å². The third-order valence-corrected chi connectivity index (χ3v) is 2.82. The lowest BCUT2D eigenvalue weighted by atomic mass is 10.3. The first-order chi connectivity index (χ1) is 6.36. The maximum atomic E-state index is 6.19. The van der Waals surface area contributed by atoms with Crippen LogP contribution in [0.4, 0.5) is 0 Å². The summed E-state index contributed by atoms with van der Waals surface area (Å²) in [6.07, 6.45) is 4.29. The molecular weight excluding hydrogens is 186 g/mol. The van der Waals surface area contributed by atoms with Crippen molar-refractivity contribution in [1.82, 2.24) is 4.90 Å². The molecule has 1 aromatic rings. The minimum Gasteiger partial charge on any atom is -0.468 e. The molecule has 0 spiro atoms. The van der Waals surface area contributed by atoms with E-state index in [1.165, 1.54) is 25.9 Å². The van der Waals surface area contributed by atoms with Crippen LogP contribution in [0.15, 0.2) is 22.8 Å². The molecular formula is C10H14ClNO. The summed E-state index contributed by atoms with van der Waals surface area (Å²) in [5.41, 5.74) is 0. The highest BCUT2D eigenvalue weighted by atomic mass is 35.5. The molecule has 2 nitrogen and oxygen atoms in total. The zero-order valence-corrected chi connectivity index (χ0v) is 8.33. The second kappa shape index (κ2) is 4.16. The largest absolute Gasteiger partial charge is 0.468 e. The van der Waals surface area contributed by atoms with Crippen molar-refractivity contribution in [3.63, 3.8) is 0 Å². The zero-order chi connectivity index (χ0) is 9.10. The van der Waals surface area contributed by atoms with Crippen molar-refractivity contribution in [2.45, 2.75) is 18.2 Å². The molecule has 0 aromatic carbocycles. The maximum Gasteiger partial charge on any atom is 0.122 e. The molecule has 3 heteroatoms. The Labute approximate surface area is 83.5 Å². The minimum absolute atomic E-state index is 0.00750. The molecule has 72 valence electrons. The molecule has 0 N–H and O–H groups in total. The SMILES string of the molecule is ClC(CN1CCCC1)c1ccco1. The average molecular weight is 200 g/mol. The number of rotatable bonds is 3. The van der Waals surface area contributed by atoms with Gasteiger partial charge in [-0.15, -0.1) is 11.6 Å². The first-order valence-electron chi connectivity index (χ1n) is 4.76. The summed E-state index contributed by atoms with van der Waals surface area (Å²) in [5.74, 6) is 0.883. The maximum absolute atomic E-state index is 6.19. The quantitative estimate of drug-likeness (QED) is 0.696. The Kier molecular flexibility index (Phi) is 2.91. The van der Waals surface area contributed by atoms with Crippen LogP contribution in [-0.2, 0) is 0 Å². The van der Waals surface area contributed by atoms with Crippen LogP contribution in [0.3, 0.4) is 0 Å². The fraction of sp³-hybridized carbons (Fsp3) is 0.600. The van der Waals surface area contributed by atoms with Crippen LogP contribution >= 0.6 is 11.6 Å². The van der Waals surface area contributed by atoms with Gasteiger partial charge in [-0.3, -0.25) is 0 Å². The lowest BCUT2D eigenvalue weighted by Gasteiger charge is -2.16. The van der Waals surface area contributed by atoms with Crippen LogP contribution in [0.5, 0.6) is 0 Å². The highest BCUT2D eigenvalue weighted by Crippen LogP contribution is 2.23. The zero-order valence-electron chi connectivity index (χ0n) is 7.58. The molecule has 2 heterocycles. The Morgan fingerprint density at radius 3 is 2.85 bits per heavy atom. The van der Waals surface area contributed by atoms with E-state index in [0.29, 0.717) is 0 Å². The van der Waals surface area contributed by atoms with Gasteiger partial charge in [0.2, 0.25) is 0 Å². The van der Waals surface area contributed by atoms with E-state index in [-0.39, 0.29) is 5.38 Å². The first-order valence-corrected chi connectivity index (χ1v) is 5.20. The molecule has 0 saturated carbocycles. The van der Waals surface area contributed by atoms with Crippen molar-refractivity contribution in [2.24, 2.45) is 0 Å². The van der Waals surface area contributed by atoms with Gasteiger partial charge in [-0.2, -0.15) is 0 Å². The van der Waals surface area contributed by atoms with Crippen LogP contribution in [0, 0.1) is 0 Å². The Morgan fingerprint density at radius 2 is 2.23 bits per heavy atom. The van der Waals surface area contributed by atoms with E-state index in [1.54, 1.807) is 6.26 Å². The summed E-state index contributed by atoms with van der Waals surface area (Å²) in [7, 11) is 0. The van der Waals surface area contributed by atoms with Gasteiger partial charge in [0.05, 0.1) is 6.26 Å². The van der Waals surface area contributed by atoms with E-state index in [1.807, 2.05) is 12.1 Å². The molecule has 0 radical (unpaired) electrons. The average Bonchev–Trinajstić information content (AvgIpc) is 2.74. The number of hydrogen-bond acceptors (Lipinski definition) is 2. The number of likely N-dealkylation sites (tertiary alicyclic amines) is 1. The van der Waals surface area contributed by atoms with E-state index in [9.17, 15) is 0 Å². The highest BCUT2D eigenvalue weighted by molar-refractivity contribution is 6.20. The standard InChI is InChI=1S/C10H14ClNO/c11-9(10-4-3-7-13-10)8-12-5-1-2-6-12/h3-4,7,9H,1-2,5-6,8H2. The van der Waals surface area contributed by atoms with Gasteiger partial charge in [-0.05, 0) is 38.1 Å². The molecule has 1 fully saturated rings. The summed E-state index contributed by atoms with van der Waals surface area (Å²) in [6, 6.07) is 3.82. The van der Waals surface area contributed by atoms with Crippen LogP contribution < -0.4 is 0 Å². The van der Waals surface area contributed by atoms with E-state index in [2.05, 4.69) is 4.90 Å². The van der Waals surface area contributed by atoms with Crippen molar-refractivity contribution in [2.75, 3.05) is 19.6 Å². The van der Waals surface area contributed by atoms with Crippen molar-refractivity contribution in [3.05, 3.63) is 24.2 Å². The summed E-state index contributed by atoms with van der Waals surface area (Å²) >= 11 is 6.19. The Morgan fingerprint density at radius 1 is 1.46 bits per heavy atom. The molecule has 1 atom stereocenters. The van der Waals surface area contributed by atoms with Gasteiger partial charge in [0, 0.05) is 6.54 Å². The second-order valence-electron chi connectivity index (χ2n) is 3.49. The Bertz CT molecular complexity index is 241. The molecule has 1 aliphatic heterocycles. The predicted molar refractivity (Wildman–Crippen MR) is 53.0 cm³/mol. The van der Waals surface area contributed by atoms with E-state index >= 15 is 0 Å². The molecule has 13 heavy (non-hydrogen) atoms. The van der Waals surface area contributed by atoms with Gasteiger partial charge in [-0.1, -0.05) is 0 Å². The van der Waals surface area contributed by atoms with Crippen LogP contribution in [0.25, 0.3) is 0 Å². The number of halogens is 1. The molecule has 0 amide bonds. The fourth-order valence-corrected chi connectivity index (χ4v) is 2.07. The normalized spacial score (nSPS) is 20.7. The number of hydrogen-bond donors (Lipinski definition) is 0. The lowest BCUT2D eigenvalue weighted by Crippen LogP contribution is -2.23. The third-order valence-electron chi connectivity index (χ3n) is 2.47. The van der Waals surface area contributed by atoms with Gasteiger partial charge in [0.1, 0.15) is 11.1 Å². The first kappa shape index (κ1) is 9.10. The fourth-order valence-electron chi connectivity index (χ4n) is 1.75. The molecule has 1 aliphatic rings. The van der Waals surface area contributed by atoms with Crippen LogP contribution in [0.1, 0.15) is 24.0 Å². The Balaban J connectivity index is 1.87. The topological polar surface area (TPSA) is 16.4 Å². The monoisotopic (exact) mass is 199 g/mol. The van der Waals surface area contributed by atoms with Crippen molar-refractivity contribution in [1.29, 1.82) is 0 Å². The van der Waals surface area contributed by atoms with Gasteiger partial charge in [0.25, 0.3) is 0 Å². The van der Waals surface area contributed by atoms with Crippen molar-refractivity contribution >= 4 is 11.6 Å². The lowest BCUT2D eigenvalue weighted by molar-refractivity contribution is 0.325. The van der Waals surface area contributed by atoms with Crippen molar-refractivity contribution < 1.29 is 4.42 Å². The van der Waals surface area contributed by atoms with Gasteiger partial charge < -0.3 is 9.32 Å². The van der Waals surface area contributed by atoms with E-state index in [0.717, 1.165) is 12.3 Å². The van der Waals surface area contributed by atoms with Crippen LogP contribution in [0.2, 0.25) is 0 Å². The smallest absolute Gasteiger partial charge is 0.122 e. The molecule has 1 unspecified atom stereocenters. The minimum atomic E-state index is 0.00750. The summed E-state index contributed by atoms with van der Waals surface area (Å²) in [6.45, 7) is 3.28. The van der Waals surface area contributed by atoms with E-state index in [4.69, 9.17) is 16.0 Å².